The van der Waals surface area contributed by atoms with Gasteiger partial charge in [-0.25, -0.2) is 0 Å². The van der Waals surface area contributed by atoms with Gasteiger partial charge >= 0.3 is 0 Å². The van der Waals surface area contributed by atoms with E-state index in [1.54, 1.807) is 0 Å². The molecule has 0 aliphatic carbocycles. The van der Waals surface area contributed by atoms with Crippen LogP contribution in [0, 0.1) is 20.8 Å². The molecule has 1 unspecified atom stereocenters. The number of hydrogen-bond donors (Lipinski definition) is 1. The number of rotatable bonds is 3. The molecule has 1 fully saturated rings. The monoisotopic (exact) mass is 300 g/mol. The summed E-state index contributed by atoms with van der Waals surface area (Å²) in [6, 6.07) is 9.62. The van der Waals surface area contributed by atoms with E-state index in [4.69, 9.17) is 0 Å². The van der Waals surface area contributed by atoms with Crippen LogP contribution in [0.15, 0.2) is 29.6 Å². The topological polar surface area (TPSA) is 15.3 Å². The number of nitrogens with zero attached hydrogens (tertiary/aromatic N) is 1. The zero-order chi connectivity index (χ0) is 14.8. The summed E-state index contributed by atoms with van der Waals surface area (Å²) in [6.45, 7) is 11.0. The summed E-state index contributed by atoms with van der Waals surface area (Å²) >= 11 is 1.90. The third-order valence-electron chi connectivity index (χ3n) is 4.27. The van der Waals surface area contributed by atoms with E-state index in [-0.39, 0.29) is 0 Å². The normalized spacial score (nSPS) is 17.9. The lowest BCUT2D eigenvalue weighted by Crippen LogP contribution is -2.45. The van der Waals surface area contributed by atoms with Crippen molar-refractivity contribution in [3.8, 4) is 0 Å². The number of benzene rings is 1. The molecule has 0 bridgehead atoms. The molecule has 1 saturated heterocycles. The van der Waals surface area contributed by atoms with E-state index in [0.29, 0.717) is 6.04 Å². The first-order chi connectivity index (χ1) is 10.1. The SMILES string of the molecule is Cc1csc(C(c2cc(C)ccc2C)N2CCNCC2)c1. The molecule has 1 N–H and O–H groups in total. The molecule has 3 heteroatoms. The van der Waals surface area contributed by atoms with Gasteiger partial charge in [-0.3, -0.25) is 4.90 Å². The summed E-state index contributed by atoms with van der Waals surface area (Å²) in [5, 5.41) is 5.74. The van der Waals surface area contributed by atoms with Crippen LogP contribution in [0.5, 0.6) is 0 Å². The predicted octanol–water partition coefficient (Wildman–Crippen LogP) is 3.67. The Morgan fingerprint density at radius 3 is 2.48 bits per heavy atom. The van der Waals surface area contributed by atoms with Gasteiger partial charge in [0, 0.05) is 31.1 Å². The Hall–Kier alpha value is -1.16. The molecule has 0 radical (unpaired) electrons. The van der Waals surface area contributed by atoms with Gasteiger partial charge in [-0.1, -0.05) is 23.8 Å². The third-order valence-corrected chi connectivity index (χ3v) is 5.37. The Balaban J connectivity index is 2.04. The van der Waals surface area contributed by atoms with Crippen molar-refractivity contribution in [1.29, 1.82) is 0 Å². The second kappa shape index (κ2) is 6.30. The fraction of sp³-hybridized carbons (Fsp3) is 0.444. The van der Waals surface area contributed by atoms with Crippen molar-refractivity contribution in [3.05, 3.63) is 56.8 Å². The Labute approximate surface area is 131 Å². The van der Waals surface area contributed by atoms with Crippen molar-refractivity contribution in [2.75, 3.05) is 26.2 Å². The first-order valence-electron chi connectivity index (χ1n) is 7.72. The number of aryl methyl sites for hydroxylation is 3. The molecule has 0 spiro atoms. The van der Waals surface area contributed by atoms with E-state index < -0.39 is 0 Å². The highest BCUT2D eigenvalue weighted by Gasteiger charge is 2.26. The molecule has 1 aliphatic rings. The summed E-state index contributed by atoms with van der Waals surface area (Å²) in [7, 11) is 0. The summed E-state index contributed by atoms with van der Waals surface area (Å²) < 4.78 is 0. The van der Waals surface area contributed by atoms with Gasteiger partial charge in [0.2, 0.25) is 0 Å². The molecule has 1 aliphatic heterocycles. The van der Waals surface area contributed by atoms with Crippen molar-refractivity contribution in [1.82, 2.24) is 10.2 Å². The van der Waals surface area contributed by atoms with E-state index in [1.165, 1.54) is 27.1 Å². The van der Waals surface area contributed by atoms with Crippen molar-refractivity contribution in [2.24, 2.45) is 0 Å². The zero-order valence-electron chi connectivity index (χ0n) is 13.1. The maximum absolute atomic E-state index is 3.47. The lowest BCUT2D eigenvalue weighted by molar-refractivity contribution is 0.200. The Bertz CT molecular complexity index is 611. The van der Waals surface area contributed by atoms with Crippen LogP contribution in [-0.4, -0.2) is 31.1 Å². The predicted molar refractivity (Wildman–Crippen MR) is 91.3 cm³/mol. The molecule has 2 aromatic rings. The van der Waals surface area contributed by atoms with Crippen LogP contribution in [0.3, 0.4) is 0 Å². The molecule has 2 nitrogen and oxygen atoms in total. The highest BCUT2D eigenvalue weighted by molar-refractivity contribution is 7.10. The fourth-order valence-corrected chi connectivity index (χ4v) is 4.17. The summed E-state index contributed by atoms with van der Waals surface area (Å²) in [5.74, 6) is 0. The molecule has 1 atom stereocenters. The first-order valence-corrected chi connectivity index (χ1v) is 8.60. The summed E-state index contributed by atoms with van der Waals surface area (Å²) in [5.41, 5.74) is 5.60. The average molecular weight is 300 g/mol. The van der Waals surface area contributed by atoms with Gasteiger partial charge in [-0.05, 0) is 48.9 Å². The minimum absolute atomic E-state index is 0.408. The average Bonchev–Trinajstić information content (AvgIpc) is 2.90. The molecule has 21 heavy (non-hydrogen) atoms. The number of thiophene rings is 1. The Kier molecular flexibility index (Phi) is 4.43. The van der Waals surface area contributed by atoms with Gasteiger partial charge < -0.3 is 5.32 Å². The van der Waals surface area contributed by atoms with E-state index >= 15 is 0 Å². The van der Waals surface area contributed by atoms with Crippen LogP contribution in [0.4, 0.5) is 0 Å². The third kappa shape index (κ3) is 3.20. The molecule has 0 saturated carbocycles. The van der Waals surface area contributed by atoms with Crippen molar-refractivity contribution in [3.63, 3.8) is 0 Å². The van der Waals surface area contributed by atoms with Gasteiger partial charge in [0.25, 0.3) is 0 Å². The van der Waals surface area contributed by atoms with Crippen molar-refractivity contribution in [2.45, 2.75) is 26.8 Å². The van der Waals surface area contributed by atoms with Gasteiger partial charge in [0.1, 0.15) is 0 Å². The van der Waals surface area contributed by atoms with Crippen LogP contribution in [-0.2, 0) is 0 Å². The van der Waals surface area contributed by atoms with Gasteiger partial charge in [-0.15, -0.1) is 11.3 Å². The van der Waals surface area contributed by atoms with Crippen LogP contribution < -0.4 is 5.32 Å². The van der Waals surface area contributed by atoms with E-state index in [1.807, 2.05) is 11.3 Å². The maximum atomic E-state index is 3.47. The lowest BCUT2D eigenvalue weighted by atomic mass is 9.96. The number of nitrogens with one attached hydrogen (secondary N) is 1. The van der Waals surface area contributed by atoms with Gasteiger partial charge in [0.15, 0.2) is 0 Å². The van der Waals surface area contributed by atoms with E-state index in [9.17, 15) is 0 Å². The minimum atomic E-state index is 0.408. The molecular formula is C18H24N2S. The molecule has 112 valence electrons. The van der Waals surface area contributed by atoms with Gasteiger partial charge in [-0.2, -0.15) is 0 Å². The molecule has 1 aromatic carbocycles. The maximum Gasteiger partial charge on any atom is 0.0699 e. The lowest BCUT2D eigenvalue weighted by Gasteiger charge is -2.35. The van der Waals surface area contributed by atoms with E-state index in [0.717, 1.165) is 26.2 Å². The number of hydrogen-bond acceptors (Lipinski definition) is 3. The quantitative estimate of drug-likeness (QED) is 0.930. The van der Waals surface area contributed by atoms with Crippen LogP contribution in [0.1, 0.15) is 33.2 Å². The standard InChI is InChI=1S/C18H24N2S/c1-13-4-5-15(3)16(10-13)18(17-11-14(2)12-21-17)20-8-6-19-7-9-20/h4-5,10-12,18-19H,6-9H2,1-3H3. The molecular weight excluding hydrogens is 276 g/mol. The molecule has 1 aromatic heterocycles. The van der Waals surface area contributed by atoms with Crippen molar-refractivity contribution >= 4 is 11.3 Å². The smallest absolute Gasteiger partial charge is 0.0699 e. The van der Waals surface area contributed by atoms with Crippen LogP contribution in [0.25, 0.3) is 0 Å². The molecule has 0 amide bonds. The largest absolute Gasteiger partial charge is 0.314 e. The van der Waals surface area contributed by atoms with Crippen molar-refractivity contribution < 1.29 is 0 Å². The highest BCUT2D eigenvalue weighted by atomic mass is 32.1. The Morgan fingerprint density at radius 2 is 1.81 bits per heavy atom. The second-order valence-corrected chi connectivity index (χ2v) is 7.02. The Morgan fingerprint density at radius 1 is 1.05 bits per heavy atom. The fourth-order valence-electron chi connectivity index (χ4n) is 3.12. The second-order valence-electron chi connectivity index (χ2n) is 6.07. The summed E-state index contributed by atoms with van der Waals surface area (Å²) in [6.07, 6.45) is 0. The highest BCUT2D eigenvalue weighted by Crippen LogP contribution is 2.35. The van der Waals surface area contributed by atoms with Crippen LogP contribution in [0.2, 0.25) is 0 Å². The summed E-state index contributed by atoms with van der Waals surface area (Å²) in [4.78, 5) is 4.10. The van der Waals surface area contributed by atoms with Crippen LogP contribution >= 0.6 is 11.3 Å². The van der Waals surface area contributed by atoms with E-state index in [2.05, 4.69) is 60.6 Å². The molecule has 3 rings (SSSR count). The number of piperazine rings is 1. The molecule has 2 heterocycles. The minimum Gasteiger partial charge on any atom is -0.314 e. The first kappa shape index (κ1) is 14.8. The zero-order valence-corrected chi connectivity index (χ0v) is 14.0. The van der Waals surface area contributed by atoms with Gasteiger partial charge in [0.05, 0.1) is 6.04 Å².